The summed E-state index contributed by atoms with van der Waals surface area (Å²) in [6.45, 7) is 6.13. The standard InChI is InChI=1S/C18H26N4O2/c1-4-18(5-2,12-19)17(23)20-13(3)16-21-15(24-22-16)11-14-9-7-6-8-10-14/h6-10,13H,4-5,11-12,19H2,1-3H3,(H,20,23). The Labute approximate surface area is 142 Å². The Kier molecular flexibility index (Phi) is 6.09. The van der Waals surface area contributed by atoms with Gasteiger partial charge in [0.15, 0.2) is 5.82 Å². The van der Waals surface area contributed by atoms with Gasteiger partial charge in [0.25, 0.3) is 0 Å². The Morgan fingerprint density at radius 2 is 1.96 bits per heavy atom. The second-order valence-corrected chi connectivity index (χ2v) is 6.10. The lowest BCUT2D eigenvalue weighted by atomic mass is 9.81. The van der Waals surface area contributed by atoms with E-state index in [0.717, 1.165) is 5.56 Å². The first-order valence-electron chi connectivity index (χ1n) is 8.42. The van der Waals surface area contributed by atoms with Crippen LogP contribution in [0.1, 0.15) is 56.9 Å². The van der Waals surface area contributed by atoms with Gasteiger partial charge in [0, 0.05) is 6.54 Å². The third kappa shape index (κ3) is 4.00. The number of benzene rings is 1. The van der Waals surface area contributed by atoms with Crippen LogP contribution in [0.2, 0.25) is 0 Å². The fourth-order valence-corrected chi connectivity index (χ4v) is 2.65. The lowest BCUT2D eigenvalue weighted by Gasteiger charge is -2.29. The molecule has 6 nitrogen and oxygen atoms in total. The molecule has 1 aromatic carbocycles. The van der Waals surface area contributed by atoms with Crippen LogP contribution in [0.4, 0.5) is 0 Å². The fraction of sp³-hybridized carbons (Fsp3) is 0.500. The van der Waals surface area contributed by atoms with Crippen molar-refractivity contribution in [3.63, 3.8) is 0 Å². The van der Waals surface area contributed by atoms with Crippen molar-refractivity contribution in [2.75, 3.05) is 6.54 Å². The van der Waals surface area contributed by atoms with Crippen LogP contribution in [0.25, 0.3) is 0 Å². The molecule has 1 aromatic heterocycles. The third-order valence-electron chi connectivity index (χ3n) is 4.64. The van der Waals surface area contributed by atoms with Gasteiger partial charge in [0.1, 0.15) is 0 Å². The maximum Gasteiger partial charge on any atom is 0.231 e. The van der Waals surface area contributed by atoms with Gasteiger partial charge < -0.3 is 15.6 Å². The first-order valence-corrected chi connectivity index (χ1v) is 8.42. The summed E-state index contributed by atoms with van der Waals surface area (Å²) in [7, 11) is 0. The molecule has 1 amide bonds. The number of amides is 1. The van der Waals surface area contributed by atoms with Crippen molar-refractivity contribution in [2.24, 2.45) is 11.1 Å². The lowest BCUT2D eigenvalue weighted by Crippen LogP contribution is -2.46. The van der Waals surface area contributed by atoms with E-state index in [2.05, 4.69) is 15.5 Å². The molecule has 2 aromatic rings. The Morgan fingerprint density at radius 3 is 2.54 bits per heavy atom. The lowest BCUT2D eigenvalue weighted by molar-refractivity contribution is -0.131. The zero-order valence-electron chi connectivity index (χ0n) is 14.6. The van der Waals surface area contributed by atoms with Gasteiger partial charge in [-0.05, 0) is 25.3 Å². The van der Waals surface area contributed by atoms with E-state index in [1.165, 1.54) is 0 Å². The second-order valence-electron chi connectivity index (χ2n) is 6.10. The van der Waals surface area contributed by atoms with E-state index in [4.69, 9.17) is 10.3 Å². The molecule has 1 unspecified atom stereocenters. The molecule has 0 aliphatic carbocycles. The van der Waals surface area contributed by atoms with Gasteiger partial charge in [0.05, 0.1) is 17.9 Å². The molecule has 0 saturated carbocycles. The normalized spacial score (nSPS) is 12.8. The van der Waals surface area contributed by atoms with Gasteiger partial charge >= 0.3 is 0 Å². The zero-order valence-corrected chi connectivity index (χ0v) is 14.6. The van der Waals surface area contributed by atoms with E-state index in [9.17, 15) is 4.79 Å². The summed E-state index contributed by atoms with van der Waals surface area (Å²) in [6, 6.07) is 9.59. The van der Waals surface area contributed by atoms with E-state index in [-0.39, 0.29) is 11.9 Å². The van der Waals surface area contributed by atoms with E-state index >= 15 is 0 Å². The SMILES string of the molecule is CCC(CC)(CN)C(=O)NC(C)c1noc(Cc2ccccc2)n1. The highest BCUT2D eigenvalue weighted by Gasteiger charge is 2.34. The minimum Gasteiger partial charge on any atom is -0.346 e. The van der Waals surface area contributed by atoms with Gasteiger partial charge in [-0.2, -0.15) is 4.98 Å². The summed E-state index contributed by atoms with van der Waals surface area (Å²) in [5.74, 6) is 0.956. The molecule has 0 radical (unpaired) electrons. The van der Waals surface area contributed by atoms with Gasteiger partial charge in [-0.15, -0.1) is 0 Å². The molecule has 2 rings (SSSR count). The van der Waals surface area contributed by atoms with Crippen LogP contribution >= 0.6 is 0 Å². The summed E-state index contributed by atoms with van der Waals surface area (Å²) < 4.78 is 5.30. The number of rotatable bonds is 8. The molecule has 3 N–H and O–H groups in total. The Balaban J connectivity index is 2.03. The zero-order chi connectivity index (χ0) is 17.6. The van der Waals surface area contributed by atoms with Gasteiger partial charge in [0.2, 0.25) is 11.8 Å². The largest absolute Gasteiger partial charge is 0.346 e. The monoisotopic (exact) mass is 330 g/mol. The molecule has 0 bridgehead atoms. The fourth-order valence-electron chi connectivity index (χ4n) is 2.65. The minimum absolute atomic E-state index is 0.0584. The first-order chi connectivity index (χ1) is 11.5. The molecule has 0 aliphatic rings. The van der Waals surface area contributed by atoms with Gasteiger partial charge in [-0.3, -0.25) is 4.79 Å². The highest BCUT2D eigenvalue weighted by molar-refractivity contribution is 5.83. The first kappa shape index (κ1) is 18.1. The molecular formula is C18H26N4O2. The minimum atomic E-state index is -0.537. The van der Waals surface area contributed by atoms with Crippen molar-refractivity contribution in [3.05, 3.63) is 47.6 Å². The summed E-state index contributed by atoms with van der Waals surface area (Å²) in [4.78, 5) is 17.0. The predicted molar refractivity (Wildman–Crippen MR) is 92.2 cm³/mol. The number of hydrogen-bond acceptors (Lipinski definition) is 5. The van der Waals surface area contributed by atoms with Crippen LogP contribution in [0.15, 0.2) is 34.9 Å². The van der Waals surface area contributed by atoms with Crippen molar-refractivity contribution in [2.45, 2.75) is 46.1 Å². The summed E-state index contributed by atoms with van der Waals surface area (Å²) in [6.07, 6.45) is 1.97. The number of nitrogens with two attached hydrogens (primary N) is 1. The average molecular weight is 330 g/mol. The summed E-state index contributed by atoms with van der Waals surface area (Å²) >= 11 is 0. The smallest absolute Gasteiger partial charge is 0.231 e. The molecular weight excluding hydrogens is 304 g/mol. The van der Waals surface area contributed by atoms with Crippen LogP contribution < -0.4 is 11.1 Å². The quantitative estimate of drug-likeness (QED) is 0.776. The number of aromatic nitrogens is 2. The van der Waals surface area contributed by atoms with Crippen LogP contribution in [-0.4, -0.2) is 22.6 Å². The molecule has 24 heavy (non-hydrogen) atoms. The van der Waals surface area contributed by atoms with Crippen LogP contribution in [0.5, 0.6) is 0 Å². The van der Waals surface area contributed by atoms with Crippen LogP contribution in [-0.2, 0) is 11.2 Å². The number of nitrogens with zero attached hydrogens (tertiary/aromatic N) is 2. The van der Waals surface area contributed by atoms with Crippen LogP contribution in [0.3, 0.4) is 0 Å². The predicted octanol–water partition coefficient (Wildman–Crippen LogP) is 2.60. The highest BCUT2D eigenvalue weighted by Crippen LogP contribution is 2.26. The Bertz CT molecular complexity index is 642. The molecule has 0 spiro atoms. The molecule has 1 atom stereocenters. The molecule has 0 aliphatic heterocycles. The average Bonchev–Trinajstić information content (AvgIpc) is 3.06. The van der Waals surface area contributed by atoms with Crippen molar-refractivity contribution in [3.8, 4) is 0 Å². The van der Waals surface area contributed by atoms with Crippen molar-refractivity contribution >= 4 is 5.91 Å². The maximum atomic E-state index is 12.6. The van der Waals surface area contributed by atoms with Crippen molar-refractivity contribution < 1.29 is 9.32 Å². The van der Waals surface area contributed by atoms with Gasteiger partial charge in [-0.1, -0.05) is 49.3 Å². The summed E-state index contributed by atoms with van der Waals surface area (Å²) in [5, 5.41) is 6.96. The van der Waals surface area contributed by atoms with E-state index < -0.39 is 5.41 Å². The maximum absolute atomic E-state index is 12.6. The topological polar surface area (TPSA) is 94.0 Å². The second kappa shape index (κ2) is 8.06. The molecule has 6 heteroatoms. The molecule has 0 fully saturated rings. The van der Waals surface area contributed by atoms with Gasteiger partial charge in [-0.25, -0.2) is 0 Å². The van der Waals surface area contributed by atoms with E-state index in [1.807, 2.05) is 51.1 Å². The van der Waals surface area contributed by atoms with Crippen LogP contribution in [0, 0.1) is 5.41 Å². The summed E-state index contributed by atoms with van der Waals surface area (Å²) in [5.41, 5.74) is 6.39. The van der Waals surface area contributed by atoms with Crippen molar-refractivity contribution in [1.29, 1.82) is 0 Å². The Morgan fingerprint density at radius 1 is 1.29 bits per heavy atom. The number of nitrogens with one attached hydrogen (secondary N) is 1. The number of carbonyl (C=O) groups is 1. The van der Waals surface area contributed by atoms with Crippen molar-refractivity contribution in [1.82, 2.24) is 15.5 Å². The van der Waals surface area contributed by atoms with E-state index in [0.29, 0.717) is 37.5 Å². The number of hydrogen-bond donors (Lipinski definition) is 2. The third-order valence-corrected chi connectivity index (χ3v) is 4.64. The molecule has 130 valence electrons. The Hall–Kier alpha value is -2.21. The van der Waals surface area contributed by atoms with E-state index in [1.54, 1.807) is 0 Å². The molecule has 0 saturated heterocycles. The number of carbonyl (C=O) groups excluding carboxylic acids is 1. The molecule has 1 heterocycles. The highest BCUT2D eigenvalue weighted by atomic mass is 16.5.